The molecule has 0 saturated heterocycles. The summed E-state index contributed by atoms with van der Waals surface area (Å²) in [7, 11) is 0. The molecule has 7 nitrogen and oxygen atoms in total. The first-order valence-corrected chi connectivity index (χ1v) is 12.4. The van der Waals surface area contributed by atoms with E-state index in [1.807, 2.05) is 90.4 Å². The normalized spacial score (nSPS) is 10.8. The summed E-state index contributed by atoms with van der Waals surface area (Å²) in [4.78, 5) is 32.6. The van der Waals surface area contributed by atoms with Crippen LogP contribution in [0, 0.1) is 6.92 Å². The number of nitrogens with zero attached hydrogens (tertiary/aromatic N) is 3. The number of H-pyrrole nitrogens is 1. The van der Waals surface area contributed by atoms with E-state index in [2.05, 4.69) is 17.1 Å². The summed E-state index contributed by atoms with van der Waals surface area (Å²) in [5.41, 5.74) is 6.31. The first-order valence-electron chi connectivity index (χ1n) is 12.4. The topological polar surface area (TPSA) is 93.8 Å². The molecule has 0 radical (unpaired) electrons. The first kappa shape index (κ1) is 28.1. The van der Waals surface area contributed by atoms with Crippen LogP contribution in [-0.2, 0) is 19.4 Å². The van der Waals surface area contributed by atoms with E-state index in [-0.39, 0.29) is 56.9 Å². The molecule has 5 aromatic rings. The van der Waals surface area contributed by atoms with Crippen LogP contribution in [0.15, 0.2) is 93.0 Å². The van der Waals surface area contributed by atoms with Crippen molar-refractivity contribution in [3.8, 4) is 22.5 Å². The zero-order chi connectivity index (χ0) is 25.8. The van der Waals surface area contributed by atoms with Crippen LogP contribution in [0.3, 0.4) is 0 Å². The second-order valence-corrected chi connectivity index (χ2v) is 9.08. The molecule has 8 heteroatoms. The van der Waals surface area contributed by atoms with Crippen LogP contribution in [0.5, 0.6) is 0 Å². The molecule has 0 atom stereocenters. The predicted molar refractivity (Wildman–Crippen MR) is 151 cm³/mol. The Labute approximate surface area is 263 Å². The van der Waals surface area contributed by atoms with Gasteiger partial charge < -0.3 is 0 Å². The van der Waals surface area contributed by atoms with Crippen molar-refractivity contribution in [1.29, 1.82) is 0 Å². The van der Waals surface area contributed by atoms with Gasteiger partial charge in [0.2, 0.25) is 0 Å². The fraction of sp³-hybridized carbons (Fsp3) is 0.200. The first-order chi connectivity index (χ1) is 18.0. The molecule has 0 aliphatic rings. The molecule has 5 rings (SSSR count). The number of benzene rings is 3. The molecule has 188 valence electrons. The molecule has 0 bridgehead atoms. The summed E-state index contributed by atoms with van der Waals surface area (Å²) in [5, 5.41) is 3.84. The second kappa shape index (κ2) is 12.8. The van der Waals surface area contributed by atoms with Crippen molar-refractivity contribution in [3.05, 3.63) is 128 Å². The average Bonchev–Trinajstić information content (AvgIpc) is 3.36. The molecular formula is C30H29KN4O3. The van der Waals surface area contributed by atoms with Gasteiger partial charge in [-0.15, -0.1) is 0 Å². The minimum absolute atomic E-state index is 0. The van der Waals surface area contributed by atoms with Gasteiger partial charge in [0, 0.05) is 29.7 Å². The Morgan fingerprint density at radius 3 is 2.21 bits per heavy atom. The van der Waals surface area contributed by atoms with E-state index in [0.717, 1.165) is 57.7 Å². The van der Waals surface area contributed by atoms with Crippen molar-refractivity contribution in [2.24, 2.45) is 0 Å². The Morgan fingerprint density at radius 1 is 0.868 bits per heavy atom. The monoisotopic (exact) mass is 532 g/mol. The molecule has 0 aliphatic carbocycles. The fourth-order valence-electron chi connectivity index (χ4n) is 4.60. The van der Waals surface area contributed by atoms with Crippen molar-refractivity contribution >= 4 is 51.4 Å². The molecule has 0 fully saturated rings. The zero-order valence-electron chi connectivity index (χ0n) is 20.9. The number of hydrogen-bond donors (Lipinski definition) is 1. The van der Waals surface area contributed by atoms with E-state index < -0.39 is 5.76 Å². The van der Waals surface area contributed by atoms with E-state index >= 15 is 0 Å². The average molecular weight is 533 g/mol. The molecular weight excluding hydrogens is 503 g/mol. The summed E-state index contributed by atoms with van der Waals surface area (Å²) >= 11 is 0. The summed E-state index contributed by atoms with van der Waals surface area (Å²) in [6, 6.07) is 25.8. The summed E-state index contributed by atoms with van der Waals surface area (Å²) in [6.45, 7) is 4.47. The number of rotatable bonds is 8. The third-order valence-electron chi connectivity index (χ3n) is 6.47. The fourth-order valence-corrected chi connectivity index (χ4v) is 4.60. The molecule has 0 spiro atoms. The Hall–Kier alpha value is -2.88. The van der Waals surface area contributed by atoms with E-state index in [4.69, 9.17) is 9.51 Å². The predicted octanol–water partition coefficient (Wildman–Crippen LogP) is 4.51. The molecule has 2 heterocycles. The number of nitrogens with one attached hydrogen (secondary N) is 1. The number of hydrogen-bond acceptors (Lipinski definition) is 5. The van der Waals surface area contributed by atoms with Gasteiger partial charge in [0.15, 0.2) is 5.82 Å². The molecule has 1 N–H and O–H groups in total. The van der Waals surface area contributed by atoms with Gasteiger partial charge in [0.05, 0.1) is 6.54 Å². The van der Waals surface area contributed by atoms with E-state index in [1.165, 1.54) is 0 Å². The SMILES string of the molecule is CCCc1nc(C)c(Cc2ccccc2)c(=O)n1Cc1ccc(-c2ccccc2-c2noc(=O)[nH]2)cc1.[KH]. The molecule has 0 aliphatic heterocycles. The minimum atomic E-state index is -0.591. The molecule has 3 aromatic carbocycles. The van der Waals surface area contributed by atoms with Crippen molar-refractivity contribution in [2.45, 2.75) is 39.7 Å². The van der Waals surface area contributed by atoms with Gasteiger partial charge in [-0.05, 0) is 35.6 Å². The Bertz CT molecular complexity index is 1640. The van der Waals surface area contributed by atoms with Crippen molar-refractivity contribution in [2.75, 3.05) is 0 Å². The van der Waals surface area contributed by atoms with Crippen molar-refractivity contribution in [1.82, 2.24) is 19.7 Å². The standard InChI is InChI=1S/C30H28N4O3.K.H/c1-3-9-27-31-20(2)26(18-21-10-5-4-6-11-21)29(35)34(27)19-22-14-16-23(17-15-22)24-12-7-8-13-25(24)28-32-30(36)37-33-28;;/h4-8,10-17H,3,9,18-19H2,1-2H3,(H,32,33,36);;. The Morgan fingerprint density at radius 2 is 1.55 bits per heavy atom. The summed E-state index contributed by atoms with van der Waals surface area (Å²) in [5.74, 6) is 0.607. The van der Waals surface area contributed by atoms with Gasteiger partial charge in [0.25, 0.3) is 5.56 Å². The van der Waals surface area contributed by atoms with Crippen LogP contribution in [0.25, 0.3) is 22.5 Å². The summed E-state index contributed by atoms with van der Waals surface area (Å²) in [6.07, 6.45) is 2.21. The van der Waals surface area contributed by atoms with Gasteiger partial charge in [-0.1, -0.05) is 90.9 Å². The maximum absolute atomic E-state index is 13.7. The Balaban J connectivity index is 0.00000336. The molecule has 0 unspecified atom stereocenters. The molecule has 2 aromatic heterocycles. The van der Waals surface area contributed by atoms with Gasteiger partial charge in [-0.3, -0.25) is 18.9 Å². The number of aryl methyl sites for hydroxylation is 2. The van der Waals surface area contributed by atoms with Crippen LogP contribution < -0.4 is 11.3 Å². The van der Waals surface area contributed by atoms with Gasteiger partial charge in [0.1, 0.15) is 5.82 Å². The third kappa shape index (κ3) is 6.22. The van der Waals surface area contributed by atoms with Crippen LogP contribution in [0.1, 0.15) is 41.6 Å². The molecule has 0 saturated carbocycles. The Kier molecular flexibility index (Phi) is 9.46. The van der Waals surface area contributed by atoms with E-state index in [0.29, 0.717) is 18.8 Å². The van der Waals surface area contributed by atoms with Crippen LogP contribution in [0.4, 0.5) is 0 Å². The van der Waals surface area contributed by atoms with Gasteiger partial charge in [-0.25, -0.2) is 9.78 Å². The van der Waals surface area contributed by atoms with Crippen LogP contribution >= 0.6 is 0 Å². The van der Waals surface area contributed by atoms with E-state index in [9.17, 15) is 9.59 Å². The summed E-state index contributed by atoms with van der Waals surface area (Å²) < 4.78 is 6.51. The second-order valence-electron chi connectivity index (χ2n) is 9.08. The van der Waals surface area contributed by atoms with Crippen LogP contribution in [-0.4, -0.2) is 71.1 Å². The number of aromatic nitrogens is 4. The van der Waals surface area contributed by atoms with E-state index in [1.54, 1.807) is 0 Å². The zero-order valence-corrected chi connectivity index (χ0v) is 20.9. The van der Waals surface area contributed by atoms with Crippen molar-refractivity contribution in [3.63, 3.8) is 0 Å². The van der Waals surface area contributed by atoms with Gasteiger partial charge in [-0.2, -0.15) is 0 Å². The molecule has 0 amide bonds. The third-order valence-corrected chi connectivity index (χ3v) is 6.47. The van der Waals surface area contributed by atoms with Gasteiger partial charge >= 0.3 is 57.1 Å². The van der Waals surface area contributed by atoms with Crippen LogP contribution in [0.2, 0.25) is 0 Å². The molecule has 38 heavy (non-hydrogen) atoms. The number of aromatic amines is 1. The van der Waals surface area contributed by atoms with Crippen molar-refractivity contribution < 1.29 is 4.52 Å². The maximum atomic E-state index is 13.7. The quantitative estimate of drug-likeness (QED) is 0.297.